The lowest BCUT2D eigenvalue weighted by molar-refractivity contribution is -0.136. The molecule has 0 radical (unpaired) electrons. The highest BCUT2D eigenvalue weighted by Crippen LogP contribution is 2.35. The van der Waals surface area contributed by atoms with E-state index in [9.17, 15) is 27.2 Å². The molecule has 4 heterocycles. The zero-order valence-corrected chi connectivity index (χ0v) is 19.8. The van der Waals surface area contributed by atoms with Gasteiger partial charge in [0.2, 0.25) is 5.84 Å². The number of rotatable bonds is 3. The van der Waals surface area contributed by atoms with Gasteiger partial charge < -0.3 is 9.80 Å². The van der Waals surface area contributed by atoms with Crippen molar-refractivity contribution < 1.29 is 27.2 Å². The lowest BCUT2D eigenvalue weighted by Crippen LogP contribution is -2.62. The number of nitrogens with zero attached hydrogens (tertiary/aromatic N) is 7. The third-order valence-corrected chi connectivity index (χ3v) is 6.25. The van der Waals surface area contributed by atoms with Crippen molar-refractivity contribution in [2.45, 2.75) is 25.6 Å². The predicted octanol–water partition coefficient (Wildman–Crippen LogP) is 3.10. The van der Waals surface area contributed by atoms with Gasteiger partial charge in [-0.1, -0.05) is 0 Å². The molecule has 13 heteroatoms. The molecule has 192 valence electrons. The van der Waals surface area contributed by atoms with Gasteiger partial charge in [-0.25, -0.2) is 18.9 Å². The van der Waals surface area contributed by atoms with Gasteiger partial charge in [0.1, 0.15) is 17.1 Å². The number of fused-ring (bicyclic) bond motifs is 1. The number of hydrogen-bond donors (Lipinski definition) is 0. The monoisotopic (exact) mass is 515 g/mol. The summed E-state index contributed by atoms with van der Waals surface area (Å²) in [4.78, 5) is 41.1. The van der Waals surface area contributed by atoms with Gasteiger partial charge in [0.15, 0.2) is 5.65 Å². The standard InChI is InChI=1S/C24H21F4N7O2/c1-23(2)13-33(22(37)19-29-7-8-30-19)9-10-34(23)21(36)18-12-35-20(31-18)16(24(26,27)28)11-17(32-35)14-3-5-15(25)6-4-14/h3-7,11-12H,8-10,13H2,1-2H3. The molecule has 0 spiro atoms. The first-order chi connectivity index (χ1) is 17.4. The molecule has 37 heavy (non-hydrogen) atoms. The van der Waals surface area contributed by atoms with Crippen molar-refractivity contribution in [1.82, 2.24) is 24.4 Å². The molecule has 0 bridgehead atoms. The van der Waals surface area contributed by atoms with Crippen LogP contribution in [0.15, 0.2) is 46.5 Å². The molecule has 1 aromatic carbocycles. The fourth-order valence-electron chi connectivity index (χ4n) is 4.45. The average molecular weight is 515 g/mol. The van der Waals surface area contributed by atoms with Gasteiger partial charge in [0, 0.05) is 31.4 Å². The van der Waals surface area contributed by atoms with E-state index in [1.54, 1.807) is 18.7 Å². The van der Waals surface area contributed by atoms with E-state index in [2.05, 4.69) is 20.1 Å². The van der Waals surface area contributed by atoms with Crippen LogP contribution in [0.2, 0.25) is 0 Å². The topological polar surface area (TPSA) is 95.5 Å². The third kappa shape index (κ3) is 4.56. The maximum Gasteiger partial charge on any atom is 0.420 e. The number of benzene rings is 1. The lowest BCUT2D eigenvalue weighted by Gasteiger charge is -2.46. The second-order valence-electron chi connectivity index (χ2n) is 9.31. The molecule has 0 saturated carbocycles. The van der Waals surface area contributed by atoms with E-state index in [0.717, 1.165) is 28.9 Å². The molecule has 0 aliphatic carbocycles. The van der Waals surface area contributed by atoms with Crippen LogP contribution < -0.4 is 0 Å². The largest absolute Gasteiger partial charge is 0.420 e. The normalized spacial score (nSPS) is 17.4. The Hall–Kier alpha value is -4.16. The molecular weight excluding hydrogens is 494 g/mol. The highest BCUT2D eigenvalue weighted by Gasteiger charge is 2.41. The Bertz CT molecular complexity index is 1460. The van der Waals surface area contributed by atoms with E-state index in [0.29, 0.717) is 6.54 Å². The first-order valence-electron chi connectivity index (χ1n) is 11.4. The van der Waals surface area contributed by atoms with Crippen LogP contribution in [0.5, 0.6) is 0 Å². The maximum atomic E-state index is 13.9. The molecule has 2 aliphatic rings. The van der Waals surface area contributed by atoms with E-state index < -0.39 is 34.7 Å². The average Bonchev–Trinajstić information content (AvgIpc) is 3.52. The van der Waals surface area contributed by atoms with E-state index in [-0.39, 0.29) is 48.3 Å². The van der Waals surface area contributed by atoms with Crippen LogP contribution in [-0.4, -0.2) is 80.0 Å². The van der Waals surface area contributed by atoms with Crippen molar-refractivity contribution in [3.63, 3.8) is 0 Å². The van der Waals surface area contributed by atoms with Crippen molar-refractivity contribution in [3.05, 3.63) is 53.6 Å². The quantitative estimate of drug-likeness (QED) is 0.501. The number of amidine groups is 1. The van der Waals surface area contributed by atoms with Crippen molar-refractivity contribution in [3.8, 4) is 11.3 Å². The van der Waals surface area contributed by atoms with E-state index in [1.807, 2.05) is 0 Å². The Morgan fingerprint density at radius 3 is 2.41 bits per heavy atom. The van der Waals surface area contributed by atoms with E-state index in [1.165, 1.54) is 23.2 Å². The molecule has 0 atom stereocenters. The van der Waals surface area contributed by atoms with Crippen LogP contribution in [0.1, 0.15) is 29.9 Å². The second kappa shape index (κ2) is 8.75. The first kappa shape index (κ1) is 24.5. The van der Waals surface area contributed by atoms with Crippen LogP contribution in [0.4, 0.5) is 17.6 Å². The number of amides is 2. The zero-order valence-electron chi connectivity index (χ0n) is 19.8. The van der Waals surface area contributed by atoms with Crippen LogP contribution >= 0.6 is 0 Å². The molecule has 5 rings (SSSR count). The minimum atomic E-state index is -4.78. The summed E-state index contributed by atoms with van der Waals surface area (Å²) in [6.07, 6.45) is -2.09. The minimum absolute atomic E-state index is 0.0545. The summed E-state index contributed by atoms with van der Waals surface area (Å²) in [5, 5.41) is 4.19. The minimum Gasteiger partial charge on any atom is -0.332 e. The first-order valence-corrected chi connectivity index (χ1v) is 11.4. The summed E-state index contributed by atoms with van der Waals surface area (Å²) >= 11 is 0. The SMILES string of the molecule is CC1(C)CN(C(=O)C2=NCC=N2)CCN1C(=O)c1cn2nc(-c3ccc(F)cc3)cc(C(F)(F)F)c2n1. The number of piperazine rings is 1. The number of carbonyl (C=O) groups excluding carboxylic acids is 2. The Balaban J connectivity index is 1.47. The van der Waals surface area contributed by atoms with Gasteiger partial charge in [-0.15, -0.1) is 0 Å². The van der Waals surface area contributed by atoms with Crippen molar-refractivity contribution >= 4 is 29.5 Å². The fraction of sp³-hybridized carbons (Fsp3) is 0.333. The molecule has 1 fully saturated rings. The summed E-state index contributed by atoms with van der Waals surface area (Å²) < 4.78 is 56.0. The molecule has 0 N–H and O–H groups in total. The van der Waals surface area contributed by atoms with E-state index in [4.69, 9.17) is 0 Å². The van der Waals surface area contributed by atoms with Gasteiger partial charge in [-0.2, -0.15) is 18.3 Å². The third-order valence-electron chi connectivity index (χ3n) is 6.25. The van der Waals surface area contributed by atoms with Gasteiger partial charge in [-0.05, 0) is 44.2 Å². The number of aromatic nitrogens is 3. The maximum absolute atomic E-state index is 13.9. The predicted molar refractivity (Wildman–Crippen MR) is 126 cm³/mol. The molecule has 9 nitrogen and oxygen atoms in total. The van der Waals surface area contributed by atoms with Gasteiger partial charge in [0.25, 0.3) is 11.8 Å². The van der Waals surface area contributed by atoms with Crippen LogP contribution in [0.25, 0.3) is 16.9 Å². The number of hydrogen-bond acceptors (Lipinski definition) is 6. The van der Waals surface area contributed by atoms with Gasteiger partial charge in [-0.3, -0.25) is 14.6 Å². The smallest absolute Gasteiger partial charge is 0.332 e. The van der Waals surface area contributed by atoms with Crippen LogP contribution in [0.3, 0.4) is 0 Å². The molecule has 2 aliphatic heterocycles. The Labute approximate surface area is 208 Å². The number of alkyl halides is 3. The van der Waals surface area contributed by atoms with Crippen LogP contribution in [0, 0.1) is 5.82 Å². The Morgan fingerprint density at radius 2 is 1.78 bits per heavy atom. The van der Waals surface area contributed by atoms with Crippen molar-refractivity contribution in [2.75, 3.05) is 26.2 Å². The molecule has 0 unspecified atom stereocenters. The zero-order chi connectivity index (χ0) is 26.5. The van der Waals surface area contributed by atoms with Crippen molar-refractivity contribution in [1.29, 1.82) is 0 Å². The summed E-state index contributed by atoms with van der Waals surface area (Å²) in [5.41, 5.74) is -2.44. The Morgan fingerprint density at radius 1 is 1.05 bits per heavy atom. The molecule has 2 amide bonds. The summed E-state index contributed by atoms with van der Waals surface area (Å²) in [7, 11) is 0. The molecule has 1 saturated heterocycles. The lowest BCUT2D eigenvalue weighted by atomic mass is 9.98. The van der Waals surface area contributed by atoms with Crippen molar-refractivity contribution in [2.24, 2.45) is 9.98 Å². The van der Waals surface area contributed by atoms with Crippen LogP contribution in [-0.2, 0) is 11.0 Å². The highest BCUT2D eigenvalue weighted by atomic mass is 19.4. The molecular formula is C24H21F4N7O2. The summed E-state index contributed by atoms with van der Waals surface area (Å²) in [5.74, 6) is -1.35. The molecule has 2 aromatic heterocycles. The summed E-state index contributed by atoms with van der Waals surface area (Å²) in [6, 6.07) is 5.70. The number of imidazole rings is 1. The number of aliphatic imine (C=N–C) groups is 2. The van der Waals surface area contributed by atoms with E-state index >= 15 is 0 Å². The summed E-state index contributed by atoms with van der Waals surface area (Å²) in [6.45, 7) is 4.38. The van der Waals surface area contributed by atoms with Gasteiger partial charge >= 0.3 is 6.18 Å². The molecule has 3 aromatic rings. The number of carbonyl (C=O) groups is 2. The Kier molecular flexibility index (Phi) is 5.80. The second-order valence-corrected chi connectivity index (χ2v) is 9.31. The number of halogens is 4. The highest BCUT2D eigenvalue weighted by molar-refractivity contribution is 6.40. The fourth-order valence-corrected chi connectivity index (χ4v) is 4.45. The van der Waals surface area contributed by atoms with Gasteiger partial charge in [0.05, 0.1) is 24.0 Å².